The van der Waals surface area contributed by atoms with Crippen LogP contribution in [-0.4, -0.2) is 37.1 Å². The van der Waals surface area contributed by atoms with E-state index in [-0.39, 0.29) is 16.5 Å². The van der Waals surface area contributed by atoms with Crippen LogP contribution in [0.5, 0.6) is 5.75 Å². The maximum atomic E-state index is 14.8. The number of anilines is 2. The molecule has 6 nitrogen and oxygen atoms in total. The molecule has 4 rings (SSSR count). The molecule has 0 bridgehead atoms. The third-order valence-electron chi connectivity index (χ3n) is 5.51. The zero-order valence-corrected chi connectivity index (χ0v) is 18.1. The monoisotopic (exact) mass is 439 g/mol. The summed E-state index contributed by atoms with van der Waals surface area (Å²) in [5.41, 5.74) is 2.19. The number of hydrogen-bond acceptors (Lipinski definition) is 5. The topological polar surface area (TPSA) is 61.9 Å². The van der Waals surface area contributed by atoms with Gasteiger partial charge in [-0.05, 0) is 85.6 Å². The van der Waals surface area contributed by atoms with E-state index in [1.54, 1.807) is 37.4 Å². The molecule has 0 unspecified atom stereocenters. The predicted molar refractivity (Wildman–Crippen MR) is 122 cm³/mol. The van der Waals surface area contributed by atoms with Crippen LogP contribution in [0.15, 0.2) is 42.0 Å². The highest BCUT2D eigenvalue weighted by Gasteiger charge is 2.34. The third kappa shape index (κ3) is 4.03. The summed E-state index contributed by atoms with van der Waals surface area (Å²) in [7, 11) is 1.54. The normalized spacial score (nSPS) is 18.0. The SMILES string of the molecule is COc1ccc(N2C(=O)/C(=C/c3cc(F)c(N4CCCC4)cc3C)C(=O)NC2=S)cc1. The molecule has 0 aliphatic carbocycles. The van der Waals surface area contributed by atoms with Gasteiger partial charge in [0.25, 0.3) is 11.8 Å². The highest BCUT2D eigenvalue weighted by Crippen LogP contribution is 2.29. The fraction of sp³-hybridized carbons (Fsp3) is 0.261. The molecule has 0 saturated carbocycles. The number of benzene rings is 2. The number of halogens is 1. The molecule has 2 amide bonds. The number of nitrogens with zero attached hydrogens (tertiary/aromatic N) is 2. The maximum absolute atomic E-state index is 14.8. The van der Waals surface area contributed by atoms with Crippen LogP contribution >= 0.6 is 12.2 Å². The molecular weight excluding hydrogens is 417 g/mol. The summed E-state index contributed by atoms with van der Waals surface area (Å²) in [5.74, 6) is -0.917. The second kappa shape index (κ2) is 8.47. The lowest BCUT2D eigenvalue weighted by Crippen LogP contribution is -2.54. The summed E-state index contributed by atoms with van der Waals surface area (Å²) in [6.07, 6.45) is 3.50. The second-order valence-corrected chi connectivity index (χ2v) is 7.90. The molecule has 1 N–H and O–H groups in total. The molecular formula is C23H22FN3O3S. The van der Waals surface area contributed by atoms with E-state index >= 15 is 0 Å². The summed E-state index contributed by atoms with van der Waals surface area (Å²) in [6, 6.07) is 9.89. The first-order valence-electron chi connectivity index (χ1n) is 9.99. The van der Waals surface area contributed by atoms with Crippen LogP contribution in [-0.2, 0) is 9.59 Å². The molecule has 160 valence electrons. The van der Waals surface area contributed by atoms with Crippen LogP contribution in [0.2, 0.25) is 0 Å². The lowest BCUT2D eigenvalue weighted by atomic mass is 10.0. The van der Waals surface area contributed by atoms with E-state index in [2.05, 4.69) is 5.32 Å². The number of rotatable bonds is 4. The molecule has 0 radical (unpaired) electrons. The number of ether oxygens (including phenoxy) is 1. The summed E-state index contributed by atoms with van der Waals surface area (Å²) in [6.45, 7) is 3.49. The van der Waals surface area contributed by atoms with Crippen LogP contribution in [0.3, 0.4) is 0 Å². The van der Waals surface area contributed by atoms with Crippen LogP contribution in [0.4, 0.5) is 15.8 Å². The largest absolute Gasteiger partial charge is 0.497 e. The van der Waals surface area contributed by atoms with Gasteiger partial charge in [-0.15, -0.1) is 0 Å². The maximum Gasteiger partial charge on any atom is 0.270 e. The van der Waals surface area contributed by atoms with Crippen LogP contribution in [0, 0.1) is 12.7 Å². The molecule has 8 heteroatoms. The zero-order chi connectivity index (χ0) is 22.1. The molecule has 31 heavy (non-hydrogen) atoms. The van der Waals surface area contributed by atoms with E-state index in [0.29, 0.717) is 22.7 Å². The minimum atomic E-state index is -0.608. The fourth-order valence-corrected chi connectivity index (χ4v) is 4.10. The van der Waals surface area contributed by atoms with Gasteiger partial charge in [-0.2, -0.15) is 0 Å². The summed E-state index contributed by atoms with van der Waals surface area (Å²) < 4.78 is 19.9. The van der Waals surface area contributed by atoms with Crippen molar-refractivity contribution in [3.8, 4) is 5.75 Å². The van der Waals surface area contributed by atoms with E-state index in [0.717, 1.165) is 31.5 Å². The Bertz CT molecular complexity index is 1090. The van der Waals surface area contributed by atoms with E-state index in [1.807, 2.05) is 11.8 Å². The van der Waals surface area contributed by atoms with Crippen molar-refractivity contribution in [2.75, 3.05) is 30.0 Å². The van der Waals surface area contributed by atoms with Crippen molar-refractivity contribution in [2.24, 2.45) is 0 Å². The first-order valence-corrected chi connectivity index (χ1v) is 10.4. The van der Waals surface area contributed by atoms with E-state index in [9.17, 15) is 14.0 Å². The van der Waals surface area contributed by atoms with Crippen molar-refractivity contribution in [1.29, 1.82) is 0 Å². The highest BCUT2D eigenvalue weighted by atomic mass is 32.1. The van der Waals surface area contributed by atoms with Crippen molar-refractivity contribution in [2.45, 2.75) is 19.8 Å². The Balaban J connectivity index is 1.69. The first kappa shape index (κ1) is 21.0. The van der Waals surface area contributed by atoms with Crippen molar-refractivity contribution in [3.63, 3.8) is 0 Å². The van der Waals surface area contributed by atoms with Gasteiger partial charge in [-0.1, -0.05) is 0 Å². The van der Waals surface area contributed by atoms with E-state index in [4.69, 9.17) is 17.0 Å². The van der Waals surface area contributed by atoms with Gasteiger partial charge < -0.3 is 9.64 Å². The van der Waals surface area contributed by atoms with Gasteiger partial charge in [0.15, 0.2) is 5.11 Å². The van der Waals surface area contributed by atoms with Gasteiger partial charge in [-0.25, -0.2) is 4.39 Å². The molecule has 0 atom stereocenters. The van der Waals surface area contributed by atoms with E-state index < -0.39 is 11.8 Å². The average Bonchev–Trinajstić information content (AvgIpc) is 3.28. The Morgan fingerprint density at radius 2 is 1.81 bits per heavy atom. The lowest BCUT2D eigenvalue weighted by molar-refractivity contribution is -0.122. The minimum Gasteiger partial charge on any atom is -0.497 e. The second-order valence-electron chi connectivity index (χ2n) is 7.51. The van der Waals surface area contributed by atoms with Gasteiger partial charge in [0.05, 0.1) is 18.5 Å². The zero-order valence-electron chi connectivity index (χ0n) is 17.3. The summed E-state index contributed by atoms with van der Waals surface area (Å²) in [5, 5.41) is 2.53. The van der Waals surface area contributed by atoms with Crippen molar-refractivity contribution < 1.29 is 18.7 Å². The molecule has 0 aromatic heterocycles. The number of hydrogen-bond donors (Lipinski definition) is 1. The molecule has 0 spiro atoms. The number of carbonyl (C=O) groups excluding carboxylic acids is 2. The third-order valence-corrected chi connectivity index (χ3v) is 5.80. The Labute approximate surface area is 185 Å². The number of amides is 2. The van der Waals surface area contributed by atoms with E-state index in [1.165, 1.54) is 17.0 Å². The van der Waals surface area contributed by atoms with Gasteiger partial charge in [0.2, 0.25) is 0 Å². The van der Waals surface area contributed by atoms with Gasteiger partial charge in [0.1, 0.15) is 17.1 Å². The number of thiocarbonyl (C=S) groups is 1. The standard InChI is InChI=1S/C23H22FN3O3S/c1-14-11-20(26-9-3-4-10-26)19(24)13-15(14)12-18-21(28)25-23(31)27(22(18)29)16-5-7-17(30-2)8-6-16/h5-8,11-13H,3-4,9-10H2,1-2H3,(H,25,28,31)/b18-12+. The quantitative estimate of drug-likeness (QED) is 0.448. The number of methoxy groups -OCH3 is 1. The molecule has 2 fully saturated rings. The first-order chi connectivity index (χ1) is 14.9. The summed E-state index contributed by atoms with van der Waals surface area (Å²) >= 11 is 5.22. The highest BCUT2D eigenvalue weighted by molar-refractivity contribution is 7.80. The number of carbonyl (C=O) groups is 2. The molecule has 2 aromatic carbocycles. The van der Waals surface area contributed by atoms with Crippen LogP contribution in [0.1, 0.15) is 24.0 Å². The molecule has 2 saturated heterocycles. The average molecular weight is 440 g/mol. The minimum absolute atomic E-state index is 0.00963. The number of nitrogens with one attached hydrogen (secondary N) is 1. The van der Waals surface area contributed by atoms with Crippen molar-refractivity contribution >= 4 is 46.6 Å². The smallest absolute Gasteiger partial charge is 0.270 e. The van der Waals surface area contributed by atoms with Crippen LogP contribution < -0.4 is 19.9 Å². The Morgan fingerprint density at radius 1 is 1.13 bits per heavy atom. The fourth-order valence-electron chi connectivity index (χ4n) is 3.82. The van der Waals surface area contributed by atoms with Gasteiger partial charge in [0, 0.05) is 13.1 Å². The Morgan fingerprint density at radius 3 is 2.45 bits per heavy atom. The van der Waals surface area contributed by atoms with Crippen LogP contribution in [0.25, 0.3) is 6.08 Å². The molecule has 2 aliphatic heterocycles. The van der Waals surface area contributed by atoms with Crippen molar-refractivity contribution in [3.05, 3.63) is 58.9 Å². The van der Waals surface area contributed by atoms with Gasteiger partial charge in [-0.3, -0.25) is 19.8 Å². The lowest BCUT2D eigenvalue weighted by Gasteiger charge is -2.29. The Hall–Kier alpha value is -3.26. The molecule has 2 aromatic rings. The Kier molecular flexibility index (Phi) is 5.73. The van der Waals surface area contributed by atoms with Crippen molar-refractivity contribution in [1.82, 2.24) is 5.32 Å². The van der Waals surface area contributed by atoms with Gasteiger partial charge >= 0.3 is 0 Å². The molecule has 2 heterocycles. The molecule has 2 aliphatic rings. The summed E-state index contributed by atoms with van der Waals surface area (Å²) in [4.78, 5) is 28.9. The number of aryl methyl sites for hydroxylation is 1. The predicted octanol–water partition coefficient (Wildman–Crippen LogP) is 3.57.